The van der Waals surface area contributed by atoms with Gasteiger partial charge < -0.3 is 15.4 Å². The molecule has 0 fully saturated rings. The van der Waals surface area contributed by atoms with Crippen LogP contribution in [0.25, 0.3) is 10.8 Å². The van der Waals surface area contributed by atoms with E-state index in [1.807, 2.05) is 0 Å². The van der Waals surface area contributed by atoms with E-state index in [0.717, 1.165) is 4.90 Å². The van der Waals surface area contributed by atoms with Crippen molar-refractivity contribution in [1.29, 1.82) is 0 Å². The van der Waals surface area contributed by atoms with Crippen LogP contribution in [-0.2, 0) is 4.74 Å². The normalized spacial score (nSPS) is 13.4. The molecule has 2 aromatic rings. The Balaban J connectivity index is 1.50. The predicted octanol–water partition coefficient (Wildman–Crippen LogP) is 3.24. The van der Waals surface area contributed by atoms with E-state index >= 15 is 0 Å². The highest BCUT2D eigenvalue weighted by Gasteiger charge is 2.33. The molecule has 0 radical (unpaired) electrons. The van der Waals surface area contributed by atoms with E-state index in [0.29, 0.717) is 48.8 Å². The molecule has 3 amide bonds. The zero-order valence-corrected chi connectivity index (χ0v) is 19.0. The number of rotatable bonds is 9. The van der Waals surface area contributed by atoms with Crippen molar-refractivity contribution in [2.45, 2.75) is 39.2 Å². The summed E-state index contributed by atoms with van der Waals surface area (Å²) in [5.74, 6) is -0.914. The van der Waals surface area contributed by atoms with Crippen LogP contribution < -0.4 is 10.6 Å². The Bertz CT molecular complexity index is 1090. The highest BCUT2D eigenvalue weighted by Crippen LogP contribution is 2.33. The summed E-state index contributed by atoms with van der Waals surface area (Å²) in [7, 11) is 0. The molecule has 0 bridgehead atoms. The Morgan fingerprint density at radius 3 is 2.45 bits per heavy atom. The maximum atomic E-state index is 13.0. The first-order valence-corrected chi connectivity index (χ1v) is 10.8. The van der Waals surface area contributed by atoms with Gasteiger partial charge in [0, 0.05) is 36.2 Å². The summed E-state index contributed by atoms with van der Waals surface area (Å²) in [6.45, 7) is 7.26. The van der Waals surface area contributed by atoms with Crippen molar-refractivity contribution in [2.75, 3.05) is 26.2 Å². The van der Waals surface area contributed by atoms with Gasteiger partial charge in [-0.2, -0.15) is 0 Å². The molecule has 1 aliphatic heterocycles. The van der Waals surface area contributed by atoms with Crippen molar-refractivity contribution in [3.05, 3.63) is 51.6 Å². The third kappa shape index (κ3) is 5.83. The summed E-state index contributed by atoms with van der Waals surface area (Å²) in [5, 5.41) is 18.1. The van der Waals surface area contributed by atoms with Crippen molar-refractivity contribution in [3.63, 3.8) is 0 Å². The fraction of sp³-hybridized carbons (Fsp3) is 0.435. The molecule has 176 valence electrons. The molecular formula is C23H28N4O6. The molecule has 33 heavy (non-hydrogen) atoms. The van der Waals surface area contributed by atoms with Gasteiger partial charge in [-0.25, -0.2) is 4.79 Å². The number of imide groups is 1. The number of amides is 3. The van der Waals surface area contributed by atoms with Crippen molar-refractivity contribution in [3.8, 4) is 0 Å². The maximum absolute atomic E-state index is 13.0. The number of nitro benzene ring substituents is 1. The molecule has 10 heteroatoms. The number of non-ortho nitro benzene ring substituents is 1. The van der Waals surface area contributed by atoms with Gasteiger partial charge in [0.25, 0.3) is 17.5 Å². The largest absolute Gasteiger partial charge is 0.444 e. The summed E-state index contributed by atoms with van der Waals surface area (Å²) >= 11 is 0. The second-order valence-electron chi connectivity index (χ2n) is 8.80. The van der Waals surface area contributed by atoms with Crippen LogP contribution in [0.4, 0.5) is 10.5 Å². The van der Waals surface area contributed by atoms with Crippen LogP contribution in [0.3, 0.4) is 0 Å². The molecule has 3 rings (SSSR count). The van der Waals surface area contributed by atoms with Gasteiger partial charge in [0.2, 0.25) is 0 Å². The molecule has 0 aliphatic carbocycles. The molecule has 0 atom stereocenters. The highest BCUT2D eigenvalue weighted by molar-refractivity contribution is 6.25. The van der Waals surface area contributed by atoms with Gasteiger partial charge in [0.1, 0.15) is 5.60 Å². The number of benzene rings is 2. The monoisotopic (exact) mass is 456 g/mol. The van der Waals surface area contributed by atoms with E-state index in [2.05, 4.69) is 10.6 Å². The highest BCUT2D eigenvalue weighted by atomic mass is 16.6. The first-order chi connectivity index (χ1) is 15.6. The Morgan fingerprint density at radius 1 is 1.06 bits per heavy atom. The first kappa shape index (κ1) is 24.1. The van der Waals surface area contributed by atoms with Crippen molar-refractivity contribution < 1.29 is 24.0 Å². The van der Waals surface area contributed by atoms with E-state index in [4.69, 9.17) is 4.74 Å². The minimum Gasteiger partial charge on any atom is -0.444 e. The molecule has 1 aliphatic rings. The fourth-order valence-corrected chi connectivity index (χ4v) is 3.66. The zero-order valence-electron chi connectivity index (χ0n) is 19.0. The third-order valence-electron chi connectivity index (χ3n) is 5.06. The Labute approximate surface area is 191 Å². The van der Waals surface area contributed by atoms with Crippen molar-refractivity contribution in [2.24, 2.45) is 0 Å². The summed E-state index contributed by atoms with van der Waals surface area (Å²) in [6, 6.07) is 7.57. The standard InChI is InChI=1S/C23H28N4O6/c1-23(2,3)33-22(30)25-11-5-9-24-10-6-12-26-20(28)17-8-4-7-15-13-16(27(31)32)14-18(19(15)17)21(26)29/h4,7-8,13-14,24H,5-6,9-12H2,1-3H3,(H,25,30). The van der Waals surface area contributed by atoms with Gasteiger partial charge in [-0.3, -0.25) is 24.6 Å². The zero-order chi connectivity index (χ0) is 24.2. The topological polar surface area (TPSA) is 131 Å². The smallest absolute Gasteiger partial charge is 0.407 e. The van der Waals surface area contributed by atoms with Crippen LogP contribution in [0.1, 0.15) is 54.3 Å². The molecule has 1 heterocycles. The van der Waals surface area contributed by atoms with Gasteiger partial charge in [-0.05, 0) is 58.2 Å². The number of ether oxygens (including phenoxy) is 1. The second-order valence-corrected chi connectivity index (χ2v) is 8.80. The van der Waals surface area contributed by atoms with E-state index in [1.165, 1.54) is 12.1 Å². The first-order valence-electron chi connectivity index (χ1n) is 10.8. The molecule has 0 unspecified atom stereocenters. The van der Waals surface area contributed by atoms with Crippen molar-refractivity contribution in [1.82, 2.24) is 15.5 Å². The summed E-state index contributed by atoms with van der Waals surface area (Å²) in [6.07, 6.45) is 0.761. The lowest BCUT2D eigenvalue weighted by Crippen LogP contribution is -2.41. The van der Waals surface area contributed by atoms with E-state index < -0.39 is 28.4 Å². The van der Waals surface area contributed by atoms with Crippen LogP contribution in [0, 0.1) is 10.1 Å². The van der Waals surface area contributed by atoms with Crippen LogP contribution in [0.2, 0.25) is 0 Å². The van der Waals surface area contributed by atoms with Gasteiger partial charge >= 0.3 is 6.09 Å². The molecule has 0 aromatic heterocycles. The number of hydrogen-bond acceptors (Lipinski definition) is 7. The fourth-order valence-electron chi connectivity index (χ4n) is 3.66. The lowest BCUT2D eigenvalue weighted by atomic mass is 9.93. The molecule has 10 nitrogen and oxygen atoms in total. The van der Waals surface area contributed by atoms with Crippen LogP contribution in [0.15, 0.2) is 30.3 Å². The third-order valence-corrected chi connectivity index (χ3v) is 5.06. The van der Waals surface area contributed by atoms with Crippen molar-refractivity contribution >= 4 is 34.4 Å². The molecule has 2 aromatic carbocycles. The number of nitro groups is 1. The molecule has 0 saturated carbocycles. The molecular weight excluding hydrogens is 428 g/mol. The molecule has 0 saturated heterocycles. The van der Waals surface area contributed by atoms with Crippen LogP contribution >= 0.6 is 0 Å². The Morgan fingerprint density at radius 2 is 1.76 bits per heavy atom. The number of nitrogens with zero attached hydrogens (tertiary/aromatic N) is 2. The molecule has 2 N–H and O–H groups in total. The van der Waals surface area contributed by atoms with Gasteiger partial charge in [-0.15, -0.1) is 0 Å². The van der Waals surface area contributed by atoms with E-state index in [1.54, 1.807) is 39.0 Å². The Hall–Kier alpha value is -3.53. The summed E-state index contributed by atoms with van der Waals surface area (Å²) in [5.41, 5.74) is -0.171. The van der Waals surface area contributed by atoms with Crippen LogP contribution in [-0.4, -0.2) is 59.5 Å². The molecule has 0 spiro atoms. The van der Waals surface area contributed by atoms with Gasteiger partial charge in [0.05, 0.1) is 10.5 Å². The average Bonchev–Trinajstić information content (AvgIpc) is 2.74. The lowest BCUT2D eigenvalue weighted by molar-refractivity contribution is -0.384. The minimum atomic E-state index is -0.543. The maximum Gasteiger partial charge on any atom is 0.407 e. The number of nitrogens with one attached hydrogen (secondary N) is 2. The van der Waals surface area contributed by atoms with E-state index in [-0.39, 0.29) is 17.8 Å². The quantitative estimate of drug-likeness (QED) is 0.256. The summed E-state index contributed by atoms with van der Waals surface area (Å²) < 4.78 is 5.16. The summed E-state index contributed by atoms with van der Waals surface area (Å²) in [4.78, 5) is 49.3. The number of alkyl carbamates (subject to hydrolysis) is 1. The van der Waals surface area contributed by atoms with Crippen LogP contribution in [0.5, 0.6) is 0 Å². The van der Waals surface area contributed by atoms with E-state index in [9.17, 15) is 24.5 Å². The second kappa shape index (κ2) is 9.95. The number of carbonyl (C=O) groups excluding carboxylic acids is 3. The van der Waals surface area contributed by atoms with Gasteiger partial charge in [-0.1, -0.05) is 12.1 Å². The number of carbonyl (C=O) groups is 3. The van der Waals surface area contributed by atoms with Gasteiger partial charge in [0.15, 0.2) is 0 Å². The number of hydrogen-bond donors (Lipinski definition) is 2. The minimum absolute atomic E-state index is 0.176. The Kier molecular flexibility index (Phi) is 7.27. The SMILES string of the molecule is CC(C)(C)OC(=O)NCCCNCCCN1C(=O)c2cccc3cc([N+](=O)[O-])cc(c23)C1=O. The lowest BCUT2D eigenvalue weighted by Gasteiger charge is -2.27. The average molecular weight is 456 g/mol. The predicted molar refractivity (Wildman–Crippen MR) is 122 cm³/mol.